The Kier molecular flexibility index (Phi) is 5.01. The van der Waals surface area contributed by atoms with E-state index in [4.69, 9.17) is 4.74 Å². The van der Waals surface area contributed by atoms with Crippen LogP contribution in [0.4, 0.5) is 11.4 Å². The van der Waals surface area contributed by atoms with E-state index >= 15 is 0 Å². The molecular weight excluding hydrogens is 396 g/mol. The molecule has 1 saturated carbocycles. The number of ether oxygens (including phenoxy) is 1. The van der Waals surface area contributed by atoms with Crippen LogP contribution in [-0.4, -0.2) is 33.2 Å². The molecule has 0 unspecified atom stereocenters. The predicted octanol–water partition coefficient (Wildman–Crippen LogP) is 3.73. The lowest BCUT2D eigenvalue weighted by molar-refractivity contribution is -0.119. The Labute approximate surface area is 169 Å². The largest absolute Gasteiger partial charge is 0.497 e. The summed E-state index contributed by atoms with van der Waals surface area (Å²) < 4.78 is 33.4. The molecule has 1 fully saturated rings. The molecule has 2 aromatic rings. The van der Waals surface area contributed by atoms with E-state index in [1.54, 1.807) is 66.2 Å². The van der Waals surface area contributed by atoms with Gasteiger partial charge in [-0.05, 0) is 55.3 Å². The fourth-order valence-electron chi connectivity index (χ4n) is 3.22. The Morgan fingerprint density at radius 1 is 1.18 bits per heavy atom. The van der Waals surface area contributed by atoms with Crippen LogP contribution in [0.5, 0.6) is 5.75 Å². The lowest BCUT2D eigenvalue weighted by Gasteiger charge is -2.33. The molecule has 2 aromatic carbocycles. The molecule has 28 heavy (non-hydrogen) atoms. The first-order chi connectivity index (χ1) is 13.4. The number of nitrogens with one attached hydrogen (secondary N) is 1. The molecule has 1 atom stereocenters. The third-order valence-corrected chi connectivity index (χ3v) is 7.36. The second kappa shape index (κ2) is 7.33. The zero-order valence-electron chi connectivity index (χ0n) is 15.7. The number of benzene rings is 2. The number of carbonyl (C=O) groups excluding carboxylic acids is 1. The number of fused-ring (bicyclic) bond motifs is 1. The normalized spacial score (nSPS) is 19.1. The van der Waals surface area contributed by atoms with E-state index in [9.17, 15) is 13.2 Å². The van der Waals surface area contributed by atoms with Crippen molar-refractivity contribution < 1.29 is 17.9 Å². The number of thioether (sulfide) groups is 1. The van der Waals surface area contributed by atoms with E-state index in [-0.39, 0.29) is 22.0 Å². The first-order valence-electron chi connectivity index (χ1n) is 9.16. The summed E-state index contributed by atoms with van der Waals surface area (Å²) in [4.78, 5) is 15.6. The molecule has 1 amide bonds. The molecule has 0 spiro atoms. The first kappa shape index (κ1) is 19.1. The Hall–Kier alpha value is -2.19. The van der Waals surface area contributed by atoms with Crippen molar-refractivity contribution in [3.8, 4) is 5.75 Å². The van der Waals surface area contributed by atoms with E-state index in [0.717, 1.165) is 17.7 Å². The van der Waals surface area contributed by atoms with Crippen molar-refractivity contribution in [3.05, 3.63) is 42.5 Å². The molecule has 1 N–H and O–H groups in total. The highest BCUT2D eigenvalue weighted by Crippen LogP contribution is 2.42. The zero-order chi connectivity index (χ0) is 19.9. The van der Waals surface area contributed by atoms with Crippen LogP contribution in [-0.2, 0) is 14.8 Å². The molecule has 6 nitrogen and oxygen atoms in total. The van der Waals surface area contributed by atoms with Crippen molar-refractivity contribution in [3.63, 3.8) is 0 Å². The van der Waals surface area contributed by atoms with Crippen LogP contribution in [0.3, 0.4) is 0 Å². The van der Waals surface area contributed by atoms with Crippen LogP contribution in [0, 0.1) is 5.92 Å². The molecule has 148 valence electrons. The minimum absolute atomic E-state index is 0.0841. The molecule has 0 saturated heterocycles. The summed E-state index contributed by atoms with van der Waals surface area (Å²) in [5, 5.41) is 0.273. The average Bonchev–Trinajstić information content (AvgIpc) is 3.52. The van der Waals surface area contributed by atoms with E-state index in [1.807, 2.05) is 0 Å². The van der Waals surface area contributed by atoms with E-state index in [0.29, 0.717) is 23.7 Å². The van der Waals surface area contributed by atoms with Gasteiger partial charge in [0.05, 0.1) is 17.7 Å². The summed E-state index contributed by atoms with van der Waals surface area (Å²) in [5.74, 6) is 0.837. The summed E-state index contributed by atoms with van der Waals surface area (Å²) in [7, 11) is -2.22. The van der Waals surface area contributed by atoms with Gasteiger partial charge in [-0.1, -0.05) is 6.92 Å². The maximum absolute atomic E-state index is 12.9. The molecule has 1 aliphatic carbocycles. The van der Waals surface area contributed by atoms with Gasteiger partial charge in [-0.3, -0.25) is 9.52 Å². The molecule has 0 aromatic heterocycles. The van der Waals surface area contributed by atoms with Crippen LogP contribution in [0.25, 0.3) is 0 Å². The third-order valence-electron chi connectivity index (χ3n) is 4.83. The fraction of sp³-hybridized carbons (Fsp3) is 0.350. The molecule has 0 radical (unpaired) electrons. The van der Waals surface area contributed by atoms with Crippen molar-refractivity contribution >= 4 is 39.1 Å². The SMILES string of the molecule is COc1ccc(NS(=O)(=O)c2ccc3c(c2)N(C(=O)C2CC2)C[C@@H](C)S3)cc1. The monoisotopic (exact) mass is 418 g/mol. The number of rotatable bonds is 5. The van der Waals surface area contributed by atoms with E-state index in [1.165, 1.54) is 0 Å². The van der Waals surface area contributed by atoms with Gasteiger partial charge in [0.1, 0.15) is 5.75 Å². The van der Waals surface area contributed by atoms with Gasteiger partial charge in [-0.25, -0.2) is 8.42 Å². The number of anilines is 2. The van der Waals surface area contributed by atoms with Crippen LogP contribution in [0.15, 0.2) is 52.3 Å². The van der Waals surface area contributed by atoms with Gasteiger partial charge >= 0.3 is 0 Å². The first-order valence-corrected chi connectivity index (χ1v) is 11.5. The number of hydrogen-bond acceptors (Lipinski definition) is 5. The summed E-state index contributed by atoms with van der Waals surface area (Å²) in [6.45, 7) is 2.68. The van der Waals surface area contributed by atoms with Gasteiger partial charge in [0.25, 0.3) is 10.0 Å². The van der Waals surface area contributed by atoms with Crippen LogP contribution < -0.4 is 14.4 Å². The minimum Gasteiger partial charge on any atom is -0.497 e. The molecule has 2 aliphatic rings. The van der Waals surface area contributed by atoms with Gasteiger partial charge in [-0.2, -0.15) is 0 Å². The minimum atomic E-state index is -3.77. The summed E-state index contributed by atoms with van der Waals surface area (Å²) >= 11 is 1.67. The highest BCUT2D eigenvalue weighted by molar-refractivity contribution is 8.00. The van der Waals surface area contributed by atoms with Gasteiger partial charge < -0.3 is 9.64 Å². The van der Waals surface area contributed by atoms with Crippen LogP contribution in [0.1, 0.15) is 19.8 Å². The van der Waals surface area contributed by atoms with Crippen molar-refractivity contribution in [2.24, 2.45) is 5.92 Å². The van der Waals surface area contributed by atoms with E-state index in [2.05, 4.69) is 11.6 Å². The highest BCUT2D eigenvalue weighted by atomic mass is 32.2. The Balaban J connectivity index is 1.64. The highest BCUT2D eigenvalue weighted by Gasteiger charge is 2.37. The van der Waals surface area contributed by atoms with Crippen molar-refractivity contribution in [2.45, 2.75) is 34.8 Å². The standard InChI is InChI=1S/C20H22N2O4S2/c1-13-12-22(20(23)14-3-4-14)18-11-17(9-10-19(18)27-13)28(24,25)21-15-5-7-16(26-2)8-6-15/h5-11,13-14,21H,3-4,12H2,1-2H3/t13-/m1/s1. The number of hydrogen-bond donors (Lipinski definition) is 1. The quantitative estimate of drug-likeness (QED) is 0.801. The number of amides is 1. The lowest BCUT2D eigenvalue weighted by Crippen LogP contribution is -2.39. The van der Waals surface area contributed by atoms with Crippen molar-refractivity contribution in [1.82, 2.24) is 0 Å². The Morgan fingerprint density at radius 2 is 1.89 bits per heavy atom. The number of nitrogens with zero attached hydrogens (tertiary/aromatic N) is 1. The van der Waals surface area contributed by atoms with Gasteiger partial charge in [-0.15, -0.1) is 11.8 Å². The third kappa shape index (κ3) is 3.84. The van der Waals surface area contributed by atoms with Gasteiger partial charge in [0.15, 0.2) is 0 Å². The topological polar surface area (TPSA) is 75.7 Å². The zero-order valence-corrected chi connectivity index (χ0v) is 17.3. The maximum Gasteiger partial charge on any atom is 0.261 e. The fourth-order valence-corrected chi connectivity index (χ4v) is 5.39. The van der Waals surface area contributed by atoms with Crippen molar-refractivity contribution in [1.29, 1.82) is 0 Å². The van der Waals surface area contributed by atoms with Crippen molar-refractivity contribution in [2.75, 3.05) is 23.3 Å². The molecule has 0 bridgehead atoms. The Bertz CT molecular complexity index is 1000. The van der Waals surface area contributed by atoms with Crippen LogP contribution in [0.2, 0.25) is 0 Å². The smallest absolute Gasteiger partial charge is 0.261 e. The second-order valence-electron chi connectivity index (χ2n) is 7.12. The number of carbonyl (C=O) groups is 1. The maximum atomic E-state index is 12.9. The summed E-state index contributed by atoms with van der Waals surface area (Å²) in [6.07, 6.45) is 1.84. The predicted molar refractivity (Wildman–Crippen MR) is 111 cm³/mol. The number of methoxy groups -OCH3 is 1. The van der Waals surface area contributed by atoms with E-state index < -0.39 is 10.0 Å². The molecule has 8 heteroatoms. The number of sulfonamides is 1. The average molecular weight is 419 g/mol. The molecule has 1 aliphatic heterocycles. The van der Waals surface area contributed by atoms with Gasteiger partial charge in [0, 0.05) is 28.3 Å². The second-order valence-corrected chi connectivity index (χ2v) is 10.3. The molecule has 4 rings (SSSR count). The van der Waals surface area contributed by atoms with Gasteiger partial charge in [0.2, 0.25) is 5.91 Å². The Morgan fingerprint density at radius 3 is 2.54 bits per heavy atom. The summed E-state index contributed by atoms with van der Waals surface area (Å²) in [6, 6.07) is 11.7. The molecular formula is C20H22N2O4S2. The molecule has 1 heterocycles. The summed E-state index contributed by atoms with van der Waals surface area (Å²) in [5.41, 5.74) is 1.14. The lowest BCUT2D eigenvalue weighted by atomic mass is 10.2. The van der Waals surface area contributed by atoms with Crippen LogP contribution >= 0.6 is 11.8 Å².